The van der Waals surface area contributed by atoms with Crippen LogP contribution in [0.15, 0.2) is 0 Å². The molecule has 0 rings (SSSR count). The fourth-order valence-electron chi connectivity index (χ4n) is 0.288. The molecule has 2 N–H and O–H groups in total. The number of nitrogens with zero attached hydrogens (tertiary/aromatic N) is 1. The highest BCUT2D eigenvalue weighted by Gasteiger charge is 2.13. The fourth-order valence-corrected chi connectivity index (χ4v) is 0.863. The van der Waals surface area contributed by atoms with E-state index in [0.717, 1.165) is 0 Å². The molecule has 0 aliphatic heterocycles. The Labute approximate surface area is 54.9 Å². The van der Waals surface area contributed by atoms with Crippen LogP contribution in [0.1, 0.15) is 6.92 Å². The summed E-state index contributed by atoms with van der Waals surface area (Å²) in [6, 6.07) is 0. The van der Waals surface area contributed by atoms with Gasteiger partial charge in [-0.25, -0.2) is 0 Å². The van der Waals surface area contributed by atoms with Crippen LogP contribution >= 0.6 is 8.03 Å². The van der Waals surface area contributed by atoms with Crippen molar-refractivity contribution in [3.63, 3.8) is 0 Å². The van der Waals surface area contributed by atoms with Crippen molar-refractivity contribution in [1.29, 1.82) is 5.41 Å². The van der Waals surface area contributed by atoms with Crippen molar-refractivity contribution in [2.24, 2.45) is 0 Å². The lowest BCUT2D eigenvalue weighted by atomic mass is 10.6. The minimum absolute atomic E-state index is 0.0463. The molecule has 0 aliphatic carbocycles. The van der Waals surface area contributed by atoms with Gasteiger partial charge in [0.1, 0.15) is 0 Å². The third-order valence-electron chi connectivity index (χ3n) is 0.906. The number of amidine groups is 1. The maximum Gasteiger partial charge on any atom is 0.527 e. The van der Waals surface area contributed by atoms with Gasteiger partial charge in [0.25, 0.3) is 6.29 Å². The Balaban J connectivity index is 3.63. The molecule has 0 saturated heterocycles. The Morgan fingerprint density at radius 2 is 2.33 bits per heavy atom. The lowest BCUT2D eigenvalue weighted by Crippen LogP contribution is -2.22. The first kappa shape index (κ1) is 8.53. The van der Waals surface area contributed by atoms with E-state index in [1.54, 1.807) is 14.0 Å². The first-order valence-corrected chi connectivity index (χ1v) is 3.83. The fraction of sp³-hybridized carbons (Fsp3) is 0.750. The second-order valence-corrected chi connectivity index (χ2v) is 2.76. The average Bonchev–Trinajstić information content (AvgIpc) is 1.63. The molecule has 0 radical (unpaired) electrons. The van der Waals surface area contributed by atoms with Crippen molar-refractivity contribution in [2.45, 2.75) is 6.92 Å². The van der Waals surface area contributed by atoms with E-state index >= 15 is 0 Å². The van der Waals surface area contributed by atoms with E-state index in [0.29, 0.717) is 5.84 Å². The number of hydrogen-bond acceptors (Lipinski definition) is 2. The zero-order chi connectivity index (χ0) is 7.44. The molecule has 0 aliphatic rings. The summed E-state index contributed by atoms with van der Waals surface area (Å²) in [5.41, 5.74) is 0. The van der Waals surface area contributed by atoms with Crippen LogP contribution in [0.25, 0.3) is 0 Å². The van der Waals surface area contributed by atoms with E-state index in [1.807, 2.05) is 0 Å². The van der Waals surface area contributed by atoms with E-state index in [9.17, 15) is 4.57 Å². The van der Waals surface area contributed by atoms with Crippen LogP contribution in [0.4, 0.5) is 0 Å². The van der Waals surface area contributed by atoms with Gasteiger partial charge < -0.3 is 4.90 Å². The van der Waals surface area contributed by atoms with Crippen LogP contribution in [0.2, 0.25) is 0 Å². The smallest absolute Gasteiger partial charge is 0.320 e. The SMILES string of the molecule is CC(=N)N(C)C[P+](=O)O. The maximum atomic E-state index is 10.1. The summed E-state index contributed by atoms with van der Waals surface area (Å²) in [7, 11) is -0.534. The maximum absolute atomic E-state index is 10.1. The Bertz CT molecular complexity index is 137. The molecule has 1 unspecified atom stereocenters. The van der Waals surface area contributed by atoms with E-state index in [2.05, 4.69) is 0 Å². The van der Waals surface area contributed by atoms with Crippen LogP contribution in [-0.2, 0) is 4.57 Å². The standard InChI is InChI=1S/C4H9N2O2P/c1-4(5)6(2)3-9(7)8/h5H,3H2,1-2H3/p+1. The molecule has 52 valence electrons. The molecule has 0 bridgehead atoms. The van der Waals surface area contributed by atoms with Crippen LogP contribution in [0.5, 0.6) is 0 Å². The number of hydrogen-bond donors (Lipinski definition) is 2. The van der Waals surface area contributed by atoms with E-state index < -0.39 is 8.03 Å². The predicted octanol–water partition coefficient (Wildman–Crippen LogP) is 0.608. The second-order valence-electron chi connectivity index (χ2n) is 1.78. The van der Waals surface area contributed by atoms with Gasteiger partial charge in [0.2, 0.25) is 0 Å². The van der Waals surface area contributed by atoms with E-state index in [1.165, 1.54) is 4.90 Å². The minimum Gasteiger partial charge on any atom is -0.320 e. The van der Waals surface area contributed by atoms with Gasteiger partial charge in [-0.2, -0.15) is 4.89 Å². The van der Waals surface area contributed by atoms with Gasteiger partial charge in [0.05, 0.1) is 5.84 Å². The lowest BCUT2D eigenvalue weighted by Gasteiger charge is -2.07. The highest BCUT2D eigenvalue weighted by Crippen LogP contribution is 2.12. The molecule has 5 heteroatoms. The summed E-state index contributed by atoms with van der Waals surface area (Å²) >= 11 is 0. The molecule has 0 aromatic rings. The molecular formula is C4H10N2O2P+. The van der Waals surface area contributed by atoms with Crippen LogP contribution < -0.4 is 0 Å². The summed E-state index contributed by atoms with van der Waals surface area (Å²) in [6.45, 7) is 1.57. The van der Waals surface area contributed by atoms with Crippen molar-refractivity contribution in [3.05, 3.63) is 0 Å². The number of rotatable bonds is 2. The van der Waals surface area contributed by atoms with Crippen molar-refractivity contribution < 1.29 is 9.46 Å². The van der Waals surface area contributed by atoms with Crippen molar-refractivity contribution >= 4 is 13.9 Å². The van der Waals surface area contributed by atoms with Gasteiger partial charge in [-0.05, 0) is 11.5 Å². The molecule has 1 atom stereocenters. The molecule has 0 fully saturated rings. The third kappa shape index (κ3) is 4.06. The van der Waals surface area contributed by atoms with Crippen LogP contribution in [0.3, 0.4) is 0 Å². The summed E-state index contributed by atoms with van der Waals surface area (Å²) in [5, 5.41) is 6.98. The third-order valence-corrected chi connectivity index (χ3v) is 1.57. The predicted molar refractivity (Wildman–Crippen MR) is 35.9 cm³/mol. The molecule has 0 aromatic carbocycles. The summed E-state index contributed by atoms with van der Waals surface area (Å²) < 4.78 is 10.1. The topological polar surface area (TPSA) is 64.4 Å². The first-order valence-electron chi connectivity index (χ1n) is 2.44. The largest absolute Gasteiger partial charge is 0.527 e. The summed E-state index contributed by atoms with van der Waals surface area (Å²) in [4.78, 5) is 9.76. The minimum atomic E-state index is -2.14. The Kier molecular flexibility index (Phi) is 3.35. The van der Waals surface area contributed by atoms with Gasteiger partial charge in [0, 0.05) is 7.05 Å². The monoisotopic (exact) mass is 149 g/mol. The molecule has 0 amide bonds. The van der Waals surface area contributed by atoms with E-state index in [-0.39, 0.29) is 6.29 Å². The molecule has 0 heterocycles. The normalized spacial score (nSPS) is 10.8. The van der Waals surface area contributed by atoms with Crippen molar-refractivity contribution in [3.8, 4) is 0 Å². The van der Waals surface area contributed by atoms with E-state index in [4.69, 9.17) is 10.3 Å². The van der Waals surface area contributed by atoms with Crippen molar-refractivity contribution in [2.75, 3.05) is 13.3 Å². The summed E-state index contributed by atoms with van der Waals surface area (Å²) in [5.74, 6) is 0.299. The average molecular weight is 149 g/mol. The van der Waals surface area contributed by atoms with Crippen LogP contribution in [0, 0.1) is 5.41 Å². The Hall–Kier alpha value is -0.470. The zero-order valence-corrected chi connectivity index (χ0v) is 6.35. The summed E-state index contributed by atoms with van der Waals surface area (Å²) in [6.07, 6.45) is 0.0463. The second kappa shape index (κ2) is 3.54. The van der Waals surface area contributed by atoms with Gasteiger partial charge in [-0.3, -0.25) is 5.41 Å². The number of nitrogens with one attached hydrogen (secondary N) is 1. The van der Waals surface area contributed by atoms with Gasteiger partial charge >= 0.3 is 8.03 Å². The first-order chi connectivity index (χ1) is 4.04. The highest BCUT2D eigenvalue weighted by atomic mass is 31.1. The highest BCUT2D eigenvalue weighted by molar-refractivity contribution is 7.37. The Morgan fingerprint density at radius 3 is 2.44 bits per heavy atom. The van der Waals surface area contributed by atoms with Gasteiger partial charge in [0.15, 0.2) is 0 Å². The zero-order valence-electron chi connectivity index (χ0n) is 5.46. The Morgan fingerprint density at radius 1 is 1.89 bits per heavy atom. The molecule has 0 saturated carbocycles. The lowest BCUT2D eigenvalue weighted by molar-refractivity contribution is 0.471. The van der Waals surface area contributed by atoms with Crippen LogP contribution in [-0.4, -0.2) is 29.0 Å². The quantitative estimate of drug-likeness (QED) is 0.343. The van der Waals surface area contributed by atoms with Gasteiger partial charge in [-0.15, -0.1) is 0 Å². The molecular weight excluding hydrogens is 139 g/mol. The molecule has 9 heavy (non-hydrogen) atoms. The molecule has 4 nitrogen and oxygen atoms in total. The van der Waals surface area contributed by atoms with Crippen molar-refractivity contribution in [1.82, 2.24) is 4.90 Å². The van der Waals surface area contributed by atoms with Gasteiger partial charge in [-0.1, -0.05) is 0 Å². The molecule has 0 spiro atoms. The molecule has 0 aromatic heterocycles.